The fraction of sp³-hybridized carbons (Fsp3) is 0. The molecule has 53 heavy (non-hydrogen) atoms. The number of pyridine rings is 3. The van der Waals surface area contributed by atoms with E-state index in [2.05, 4.69) is 124 Å². The Morgan fingerprint density at radius 1 is 0.434 bits per heavy atom. The molecule has 0 aliphatic carbocycles. The first-order valence-electron chi connectivity index (χ1n) is 17.8. The third kappa shape index (κ3) is 3.73. The van der Waals surface area contributed by atoms with Gasteiger partial charge in [-0.05, 0) is 83.2 Å². The molecule has 0 unspecified atom stereocenters. The van der Waals surface area contributed by atoms with Crippen molar-refractivity contribution in [3.05, 3.63) is 174 Å². The summed E-state index contributed by atoms with van der Waals surface area (Å²) in [5.41, 5.74) is 10.2. The molecule has 6 heteroatoms. The van der Waals surface area contributed by atoms with E-state index >= 15 is 0 Å². The van der Waals surface area contributed by atoms with E-state index in [9.17, 15) is 4.79 Å². The van der Waals surface area contributed by atoms with Gasteiger partial charge in [0.2, 0.25) is 0 Å². The molecule has 6 aromatic carbocycles. The van der Waals surface area contributed by atoms with E-state index in [1.165, 1.54) is 21.8 Å². The van der Waals surface area contributed by atoms with E-state index < -0.39 is 0 Å². The van der Waals surface area contributed by atoms with Crippen LogP contribution in [0.5, 0.6) is 0 Å². The molecular formula is C47H27N5O. The zero-order valence-corrected chi connectivity index (χ0v) is 28.2. The second-order valence-electron chi connectivity index (χ2n) is 13.8. The van der Waals surface area contributed by atoms with Crippen LogP contribution in [-0.4, -0.2) is 23.5 Å². The predicted molar refractivity (Wildman–Crippen MR) is 217 cm³/mol. The summed E-state index contributed by atoms with van der Waals surface area (Å²) in [7, 11) is 0. The molecule has 0 radical (unpaired) electrons. The predicted octanol–water partition coefficient (Wildman–Crippen LogP) is 10.8. The van der Waals surface area contributed by atoms with Crippen molar-refractivity contribution >= 4 is 81.7 Å². The summed E-state index contributed by atoms with van der Waals surface area (Å²) < 4.78 is 6.42. The number of benzene rings is 6. The lowest BCUT2D eigenvalue weighted by Gasteiger charge is -2.12. The number of para-hydroxylation sites is 3. The van der Waals surface area contributed by atoms with Crippen molar-refractivity contribution in [3.8, 4) is 22.6 Å². The highest BCUT2D eigenvalue weighted by Gasteiger charge is 2.24. The zero-order valence-electron chi connectivity index (χ0n) is 28.2. The smallest absolute Gasteiger partial charge is 0.263 e. The molecule has 0 bridgehead atoms. The second-order valence-corrected chi connectivity index (χ2v) is 13.8. The van der Waals surface area contributed by atoms with Gasteiger partial charge in [0.1, 0.15) is 11.3 Å². The molecule has 246 valence electrons. The molecule has 6 heterocycles. The molecule has 6 nitrogen and oxygen atoms in total. The Hall–Kier alpha value is -7.31. The second kappa shape index (κ2) is 10.4. The normalized spacial score (nSPS) is 12.2. The largest absolute Gasteiger partial charge is 0.309 e. The van der Waals surface area contributed by atoms with Crippen LogP contribution in [0.15, 0.2) is 169 Å². The van der Waals surface area contributed by atoms with Crippen LogP contribution in [0, 0.1) is 0 Å². The Labute approximate surface area is 301 Å². The Morgan fingerprint density at radius 2 is 1.00 bits per heavy atom. The molecular weight excluding hydrogens is 651 g/mol. The topological polar surface area (TPSA) is 57.1 Å². The maximum absolute atomic E-state index is 14.1. The quantitative estimate of drug-likeness (QED) is 0.175. The van der Waals surface area contributed by atoms with Crippen molar-refractivity contribution in [2.24, 2.45) is 0 Å². The van der Waals surface area contributed by atoms with Gasteiger partial charge in [-0.15, -0.1) is 0 Å². The Kier molecular flexibility index (Phi) is 5.56. The van der Waals surface area contributed by atoms with Crippen LogP contribution >= 0.6 is 0 Å². The van der Waals surface area contributed by atoms with E-state index in [0.29, 0.717) is 5.39 Å². The van der Waals surface area contributed by atoms with E-state index in [1.54, 1.807) is 6.20 Å². The van der Waals surface area contributed by atoms with Gasteiger partial charge in [-0.3, -0.25) is 18.7 Å². The van der Waals surface area contributed by atoms with E-state index in [4.69, 9.17) is 9.97 Å². The molecule has 0 saturated carbocycles. The van der Waals surface area contributed by atoms with Gasteiger partial charge in [0.15, 0.2) is 0 Å². The summed E-state index contributed by atoms with van der Waals surface area (Å²) in [4.78, 5) is 24.2. The van der Waals surface area contributed by atoms with Crippen molar-refractivity contribution in [1.29, 1.82) is 0 Å². The first-order valence-corrected chi connectivity index (χ1v) is 17.8. The molecule has 6 aromatic heterocycles. The fourth-order valence-electron chi connectivity index (χ4n) is 8.82. The lowest BCUT2D eigenvalue weighted by Crippen LogP contribution is -2.13. The van der Waals surface area contributed by atoms with Gasteiger partial charge in [-0.25, -0.2) is 4.98 Å². The number of aromatic nitrogens is 5. The van der Waals surface area contributed by atoms with Crippen molar-refractivity contribution in [3.63, 3.8) is 0 Å². The Balaban J connectivity index is 1.12. The SMILES string of the molecule is O=c1c2ccccc2c2cnc(-n3c4ccccc4c4cc(-c5ccc6c(c5)c5ccccc5n6-c5ccccc5)ccc43)c3c4ncccc4n1c23. The molecule has 12 rings (SSSR count). The highest BCUT2D eigenvalue weighted by molar-refractivity contribution is 6.22. The van der Waals surface area contributed by atoms with Gasteiger partial charge in [-0.2, -0.15) is 0 Å². The summed E-state index contributed by atoms with van der Waals surface area (Å²) in [6.07, 6.45) is 3.72. The van der Waals surface area contributed by atoms with Crippen molar-refractivity contribution < 1.29 is 0 Å². The van der Waals surface area contributed by atoms with Crippen LogP contribution < -0.4 is 5.56 Å². The van der Waals surface area contributed by atoms with Crippen LogP contribution in [0.1, 0.15) is 0 Å². The summed E-state index contributed by atoms with van der Waals surface area (Å²) in [5.74, 6) is 0.757. The molecule has 0 fully saturated rings. The molecule has 0 atom stereocenters. The molecule has 0 aliphatic heterocycles. The van der Waals surface area contributed by atoms with E-state index in [1.807, 2.05) is 47.0 Å². The summed E-state index contributed by atoms with van der Waals surface area (Å²) in [5, 5.41) is 8.09. The maximum atomic E-state index is 14.1. The molecule has 0 saturated heterocycles. The average molecular weight is 678 g/mol. The van der Waals surface area contributed by atoms with Crippen molar-refractivity contribution in [2.45, 2.75) is 0 Å². The van der Waals surface area contributed by atoms with Gasteiger partial charge in [-0.1, -0.05) is 84.9 Å². The monoisotopic (exact) mass is 677 g/mol. The summed E-state index contributed by atoms with van der Waals surface area (Å²) in [6.45, 7) is 0. The molecule has 0 spiro atoms. The number of hydrogen-bond donors (Lipinski definition) is 0. The zero-order chi connectivity index (χ0) is 34.8. The van der Waals surface area contributed by atoms with Gasteiger partial charge >= 0.3 is 0 Å². The van der Waals surface area contributed by atoms with Crippen LogP contribution in [0.2, 0.25) is 0 Å². The van der Waals surface area contributed by atoms with Crippen molar-refractivity contribution in [2.75, 3.05) is 0 Å². The first-order chi connectivity index (χ1) is 26.2. The third-order valence-electron chi connectivity index (χ3n) is 11.1. The number of nitrogens with zero attached hydrogens (tertiary/aromatic N) is 5. The highest BCUT2D eigenvalue weighted by Crippen LogP contribution is 2.41. The van der Waals surface area contributed by atoms with Crippen LogP contribution in [0.4, 0.5) is 0 Å². The lowest BCUT2D eigenvalue weighted by molar-refractivity contribution is 1.10. The van der Waals surface area contributed by atoms with Gasteiger partial charge in [0, 0.05) is 50.4 Å². The average Bonchev–Trinajstić information content (AvgIpc) is 3.86. The number of rotatable bonds is 3. The molecule has 0 amide bonds. The first kappa shape index (κ1) is 28.4. The molecule has 0 aliphatic rings. The van der Waals surface area contributed by atoms with E-state index in [-0.39, 0.29) is 5.56 Å². The molecule has 0 N–H and O–H groups in total. The third-order valence-corrected chi connectivity index (χ3v) is 11.1. The van der Waals surface area contributed by atoms with Crippen LogP contribution in [-0.2, 0) is 0 Å². The van der Waals surface area contributed by atoms with Crippen LogP contribution in [0.25, 0.3) is 104 Å². The summed E-state index contributed by atoms with van der Waals surface area (Å²) >= 11 is 0. The Morgan fingerprint density at radius 3 is 1.72 bits per heavy atom. The number of hydrogen-bond acceptors (Lipinski definition) is 3. The van der Waals surface area contributed by atoms with Gasteiger partial charge in [0.05, 0.1) is 38.5 Å². The van der Waals surface area contributed by atoms with Gasteiger partial charge in [0.25, 0.3) is 5.56 Å². The summed E-state index contributed by atoms with van der Waals surface area (Å²) in [6, 6.07) is 52.9. The minimum Gasteiger partial charge on any atom is -0.309 e. The van der Waals surface area contributed by atoms with Crippen molar-refractivity contribution in [1.82, 2.24) is 23.5 Å². The maximum Gasteiger partial charge on any atom is 0.263 e. The molecule has 12 aromatic rings. The van der Waals surface area contributed by atoms with Crippen LogP contribution in [0.3, 0.4) is 0 Å². The minimum atomic E-state index is -0.0472. The number of fused-ring (bicyclic) bond motifs is 11. The lowest BCUT2D eigenvalue weighted by atomic mass is 10.0. The highest BCUT2D eigenvalue weighted by atomic mass is 16.1. The Bertz CT molecular complexity index is 3540. The van der Waals surface area contributed by atoms with Gasteiger partial charge < -0.3 is 4.57 Å². The minimum absolute atomic E-state index is 0.0472. The standard InChI is InChI=1S/C47H27N5O/c53-47-34-16-5-4-13-31(34)37-27-49-46(43-44-42(19-10-24-48-44)52(47)45(37)43)51-39-18-9-7-15-33(39)36-26-29(21-23-41(36)51)28-20-22-40-35(25-28)32-14-6-8-17-38(32)50(40)30-11-2-1-3-12-30/h1-27H. The fourth-order valence-corrected chi connectivity index (χ4v) is 8.82. The van der Waals surface area contributed by atoms with E-state index in [0.717, 1.165) is 77.1 Å².